The number of aliphatic hydroxyl groups is 1. The molecule has 1 aliphatic carbocycles. The molecule has 4 rings (SSSR count). The first-order valence-electron chi connectivity index (χ1n) is 10.2. The van der Waals surface area contributed by atoms with Gasteiger partial charge in [-0.15, -0.1) is 0 Å². The van der Waals surface area contributed by atoms with Crippen LogP contribution in [0.5, 0.6) is 5.75 Å². The molecule has 0 fully saturated rings. The van der Waals surface area contributed by atoms with Crippen LogP contribution in [0.15, 0.2) is 89.9 Å². The number of pyridine rings is 1. The second kappa shape index (κ2) is 8.56. The molecule has 152 valence electrons. The molecule has 2 N–H and O–H groups in total. The van der Waals surface area contributed by atoms with Gasteiger partial charge in [-0.05, 0) is 41.2 Å². The number of aromatic hydroxyl groups is 1. The Balaban J connectivity index is 1.75. The van der Waals surface area contributed by atoms with Gasteiger partial charge in [-0.25, -0.2) is 0 Å². The Hall–Kier alpha value is -3.37. The Labute approximate surface area is 176 Å². The SMILES string of the molecule is CC1C=C(c2cccc(-n3cc(O)c(=O)cc3C(O)Cc3ccccc3)c2)C=CC1. The summed E-state index contributed by atoms with van der Waals surface area (Å²) in [6.45, 7) is 2.19. The highest BCUT2D eigenvalue weighted by atomic mass is 16.3. The highest BCUT2D eigenvalue weighted by Gasteiger charge is 2.17. The normalized spacial score (nSPS) is 16.9. The summed E-state index contributed by atoms with van der Waals surface area (Å²) in [5.74, 6) is 0.134. The molecule has 0 radical (unpaired) electrons. The number of benzene rings is 2. The number of aromatic nitrogens is 1. The summed E-state index contributed by atoms with van der Waals surface area (Å²) in [5, 5.41) is 21.0. The van der Waals surface area contributed by atoms with E-state index in [0.717, 1.165) is 28.8 Å². The maximum atomic E-state index is 12.1. The predicted molar refractivity (Wildman–Crippen MR) is 120 cm³/mol. The van der Waals surface area contributed by atoms with Crippen molar-refractivity contribution >= 4 is 5.57 Å². The average Bonchev–Trinajstić information content (AvgIpc) is 2.76. The molecule has 0 saturated heterocycles. The van der Waals surface area contributed by atoms with Crippen molar-refractivity contribution in [1.29, 1.82) is 0 Å². The van der Waals surface area contributed by atoms with Crippen LogP contribution >= 0.6 is 0 Å². The number of rotatable bonds is 5. The van der Waals surface area contributed by atoms with Gasteiger partial charge < -0.3 is 14.8 Å². The molecule has 2 unspecified atom stereocenters. The minimum absolute atomic E-state index is 0.346. The lowest BCUT2D eigenvalue weighted by atomic mass is 9.93. The van der Waals surface area contributed by atoms with Crippen LogP contribution in [-0.2, 0) is 6.42 Å². The van der Waals surface area contributed by atoms with Crippen LogP contribution in [0.25, 0.3) is 11.3 Å². The van der Waals surface area contributed by atoms with Gasteiger partial charge >= 0.3 is 0 Å². The fraction of sp³-hybridized carbons (Fsp3) is 0.192. The molecule has 30 heavy (non-hydrogen) atoms. The Bertz CT molecular complexity index is 1160. The van der Waals surface area contributed by atoms with Crippen molar-refractivity contribution in [2.24, 2.45) is 5.92 Å². The third-order valence-corrected chi connectivity index (χ3v) is 5.40. The van der Waals surface area contributed by atoms with Crippen molar-refractivity contribution in [3.05, 3.63) is 112 Å². The van der Waals surface area contributed by atoms with Crippen molar-refractivity contribution in [1.82, 2.24) is 4.57 Å². The molecule has 1 aromatic heterocycles. The van der Waals surface area contributed by atoms with E-state index >= 15 is 0 Å². The van der Waals surface area contributed by atoms with Crippen molar-refractivity contribution in [3.63, 3.8) is 0 Å². The summed E-state index contributed by atoms with van der Waals surface area (Å²) in [4.78, 5) is 12.1. The van der Waals surface area contributed by atoms with E-state index in [0.29, 0.717) is 18.0 Å². The minimum atomic E-state index is -0.891. The second-order valence-corrected chi connectivity index (χ2v) is 7.81. The molecule has 0 bridgehead atoms. The molecule has 2 atom stereocenters. The van der Waals surface area contributed by atoms with Crippen LogP contribution in [0, 0.1) is 5.92 Å². The van der Waals surface area contributed by atoms with Gasteiger partial charge in [0.25, 0.3) is 0 Å². The molecule has 3 aromatic rings. The largest absolute Gasteiger partial charge is 0.503 e. The number of allylic oxidation sites excluding steroid dienone is 4. The average molecular weight is 399 g/mol. The monoisotopic (exact) mass is 399 g/mol. The van der Waals surface area contributed by atoms with Crippen molar-refractivity contribution in [2.45, 2.75) is 25.9 Å². The summed E-state index contributed by atoms with van der Waals surface area (Å²) in [6, 6.07) is 18.9. The van der Waals surface area contributed by atoms with Gasteiger partial charge in [0.05, 0.1) is 18.0 Å². The van der Waals surface area contributed by atoms with Gasteiger partial charge in [-0.2, -0.15) is 0 Å². The lowest BCUT2D eigenvalue weighted by Crippen LogP contribution is -2.16. The van der Waals surface area contributed by atoms with Gasteiger partial charge in [-0.3, -0.25) is 4.79 Å². The Morgan fingerprint density at radius 2 is 1.90 bits per heavy atom. The lowest BCUT2D eigenvalue weighted by Gasteiger charge is -2.20. The van der Waals surface area contributed by atoms with Crippen LogP contribution in [0.4, 0.5) is 0 Å². The molecule has 2 aromatic carbocycles. The topological polar surface area (TPSA) is 62.5 Å². The van der Waals surface area contributed by atoms with Crippen LogP contribution in [0.3, 0.4) is 0 Å². The van der Waals surface area contributed by atoms with E-state index in [1.807, 2.05) is 54.6 Å². The van der Waals surface area contributed by atoms with Crippen LogP contribution in [-0.4, -0.2) is 14.8 Å². The zero-order chi connectivity index (χ0) is 21.1. The molecule has 1 heterocycles. The van der Waals surface area contributed by atoms with Gasteiger partial charge in [0.15, 0.2) is 5.75 Å². The molecule has 0 spiro atoms. The van der Waals surface area contributed by atoms with Crippen LogP contribution < -0.4 is 5.43 Å². The number of nitrogens with zero attached hydrogens (tertiary/aromatic N) is 1. The number of aliphatic hydroxyl groups excluding tert-OH is 1. The zero-order valence-electron chi connectivity index (χ0n) is 16.9. The van der Waals surface area contributed by atoms with Gasteiger partial charge in [0.2, 0.25) is 5.43 Å². The standard InChI is InChI=1S/C26H25NO3/c1-18-7-5-10-20(13-18)21-11-6-12-22(15-21)27-17-26(30)25(29)16-23(27)24(28)14-19-8-3-2-4-9-19/h2-6,8-13,15-18,24,28,30H,7,14H2,1H3. The molecule has 0 amide bonds. The van der Waals surface area contributed by atoms with Gasteiger partial charge in [0, 0.05) is 18.2 Å². The molecular formula is C26H25NO3. The van der Waals surface area contributed by atoms with E-state index in [1.54, 1.807) is 4.57 Å². The summed E-state index contributed by atoms with van der Waals surface area (Å²) < 4.78 is 1.70. The summed E-state index contributed by atoms with van der Waals surface area (Å²) in [5.41, 5.74) is 3.88. The zero-order valence-corrected chi connectivity index (χ0v) is 16.9. The molecule has 0 aliphatic heterocycles. The van der Waals surface area contributed by atoms with Crippen LogP contribution in [0.1, 0.15) is 36.3 Å². The minimum Gasteiger partial charge on any atom is -0.503 e. The fourth-order valence-corrected chi connectivity index (χ4v) is 3.83. The van der Waals surface area contributed by atoms with Gasteiger partial charge in [-0.1, -0.05) is 67.6 Å². The number of hydrogen-bond donors (Lipinski definition) is 2. The maximum Gasteiger partial charge on any atom is 0.223 e. The Morgan fingerprint density at radius 3 is 2.67 bits per heavy atom. The molecule has 4 heteroatoms. The van der Waals surface area contributed by atoms with E-state index in [2.05, 4.69) is 25.2 Å². The first-order valence-corrected chi connectivity index (χ1v) is 10.2. The quantitative estimate of drug-likeness (QED) is 0.648. The van der Waals surface area contributed by atoms with Gasteiger partial charge in [0.1, 0.15) is 0 Å². The third-order valence-electron chi connectivity index (χ3n) is 5.40. The van der Waals surface area contributed by atoms with E-state index in [4.69, 9.17) is 0 Å². The van der Waals surface area contributed by atoms with Crippen molar-refractivity contribution in [3.8, 4) is 11.4 Å². The van der Waals surface area contributed by atoms with Crippen molar-refractivity contribution < 1.29 is 10.2 Å². The summed E-state index contributed by atoms with van der Waals surface area (Å²) in [7, 11) is 0. The Morgan fingerprint density at radius 1 is 1.10 bits per heavy atom. The van der Waals surface area contributed by atoms with Crippen LogP contribution in [0.2, 0.25) is 0 Å². The molecule has 0 saturated carbocycles. The van der Waals surface area contributed by atoms with E-state index in [-0.39, 0.29) is 5.75 Å². The van der Waals surface area contributed by atoms with E-state index in [9.17, 15) is 15.0 Å². The third kappa shape index (κ3) is 4.29. The Kier molecular flexibility index (Phi) is 5.68. The molecular weight excluding hydrogens is 374 g/mol. The smallest absolute Gasteiger partial charge is 0.223 e. The molecule has 4 nitrogen and oxygen atoms in total. The van der Waals surface area contributed by atoms with E-state index in [1.165, 1.54) is 12.3 Å². The highest BCUT2D eigenvalue weighted by Crippen LogP contribution is 2.28. The first kappa shape index (κ1) is 19.9. The second-order valence-electron chi connectivity index (χ2n) is 7.81. The first-order chi connectivity index (χ1) is 14.5. The number of hydrogen-bond acceptors (Lipinski definition) is 3. The lowest BCUT2D eigenvalue weighted by molar-refractivity contribution is 0.170. The highest BCUT2D eigenvalue weighted by molar-refractivity contribution is 5.76. The fourth-order valence-electron chi connectivity index (χ4n) is 3.83. The van der Waals surface area contributed by atoms with Crippen molar-refractivity contribution in [2.75, 3.05) is 0 Å². The maximum absolute atomic E-state index is 12.1. The summed E-state index contributed by atoms with van der Waals surface area (Å²) in [6.07, 6.45) is 8.44. The summed E-state index contributed by atoms with van der Waals surface area (Å²) >= 11 is 0. The molecule has 1 aliphatic rings. The predicted octanol–water partition coefficient (Wildman–Crippen LogP) is 4.80. The van der Waals surface area contributed by atoms with E-state index < -0.39 is 11.5 Å².